The Kier molecular flexibility index (Phi) is 3.52. The first-order valence-electron chi connectivity index (χ1n) is 6.94. The van der Waals surface area contributed by atoms with Crippen LogP contribution in [0.1, 0.15) is 17.9 Å². The van der Waals surface area contributed by atoms with E-state index in [1.165, 1.54) is 31.6 Å². The van der Waals surface area contributed by atoms with E-state index in [1.54, 1.807) is 7.11 Å². The van der Waals surface area contributed by atoms with E-state index in [0.717, 1.165) is 30.7 Å². The first kappa shape index (κ1) is 12.0. The van der Waals surface area contributed by atoms with E-state index in [2.05, 4.69) is 34.5 Å². The second-order valence-corrected chi connectivity index (χ2v) is 5.43. The summed E-state index contributed by atoms with van der Waals surface area (Å²) in [5.74, 6) is 2.61. The van der Waals surface area contributed by atoms with Gasteiger partial charge >= 0.3 is 0 Å². The van der Waals surface area contributed by atoms with E-state index >= 15 is 0 Å². The molecule has 2 atom stereocenters. The summed E-state index contributed by atoms with van der Waals surface area (Å²) in [6.45, 7) is 6.01. The Bertz CT molecular complexity index is 384. The minimum atomic E-state index is 0.783. The second kappa shape index (κ2) is 5.29. The van der Waals surface area contributed by atoms with Gasteiger partial charge in [0.15, 0.2) is 0 Å². The molecule has 0 spiro atoms. The Morgan fingerprint density at radius 1 is 1.22 bits per heavy atom. The average molecular weight is 246 g/mol. The largest absolute Gasteiger partial charge is 0.497 e. The van der Waals surface area contributed by atoms with E-state index in [-0.39, 0.29) is 0 Å². The zero-order chi connectivity index (χ0) is 12.4. The van der Waals surface area contributed by atoms with Crippen LogP contribution in [0.25, 0.3) is 0 Å². The molecule has 1 heterocycles. The third-order valence-electron chi connectivity index (χ3n) is 4.17. The molecule has 1 aliphatic heterocycles. The molecule has 1 aromatic rings. The van der Waals surface area contributed by atoms with Gasteiger partial charge in [-0.05, 0) is 36.0 Å². The van der Waals surface area contributed by atoms with Gasteiger partial charge < -0.3 is 15.0 Å². The Balaban J connectivity index is 1.53. The van der Waals surface area contributed by atoms with E-state index < -0.39 is 0 Å². The van der Waals surface area contributed by atoms with Crippen LogP contribution in [0.3, 0.4) is 0 Å². The fraction of sp³-hybridized carbons (Fsp3) is 0.600. The lowest BCUT2D eigenvalue weighted by atomic mass is 10.1. The molecule has 0 radical (unpaired) electrons. The quantitative estimate of drug-likeness (QED) is 0.875. The molecule has 18 heavy (non-hydrogen) atoms. The molecular weight excluding hydrogens is 224 g/mol. The van der Waals surface area contributed by atoms with Crippen molar-refractivity contribution in [2.45, 2.75) is 12.3 Å². The first-order valence-corrected chi connectivity index (χ1v) is 6.94. The number of ether oxygens (including phenoxy) is 1. The molecule has 98 valence electrons. The van der Waals surface area contributed by atoms with E-state index in [9.17, 15) is 0 Å². The minimum absolute atomic E-state index is 0.783. The maximum Gasteiger partial charge on any atom is 0.118 e. The lowest BCUT2D eigenvalue weighted by Crippen LogP contribution is -2.44. The van der Waals surface area contributed by atoms with Crippen LogP contribution in [0.5, 0.6) is 5.75 Å². The van der Waals surface area contributed by atoms with E-state index in [0.29, 0.717) is 0 Å². The number of rotatable bonds is 4. The molecule has 3 nitrogen and oxygen atoms in total. The van der Waals surface area contributed by atoms with Crippen LogP contribution < -0.4 is 10.1 Å². The fourth-order valence-corrected chi connectivity index (χ4v) is 2.93. The maximum atomic E-state index is 5.20. The normalized spacial score (nSPS) is 28.1. The van der Waals surface area contributed by atoms with Crippen molar-refractivity contribution in [3.05, 3.63) is 29.8 Å². The van der Waals surface area contributed by atoms with Crippen molar-refractivity contribution >= 4 is 0 Å². The molecule has 2 fully saturated rings. The molecule has 1 aromatic carbocycles. The van der Waals surface area contributed by atoms with Gasteiger partial charge in [-0.3, -0.25) is 0 Å². The molecule has 3 heteroatoms. The van der Waals surface area contributed by atoms with E-state index in [1.807, 2.05) is 0 Å². The molecule has 1 aliphatic carbocycles. The van der Waals surface area contributed by atoms with Gasteiger partial charge in [-0.15, -0.1) is 0 Å². The molecule has 2 unspecified atom stereocenters. The van der Waals surface area contributed by atoms with Gasteiger partial charge in [0.1, 0.15) is 5.75 Å². The zero-order valence-electron chi connectivity index (χ0n) is 11.1. The van der Waals surface area contributed by atoms with Crippen LogP contribution in [0.2, 0.25) is 0 Å². The van der Waals surface area contributed by atoms with Crippen molar-refractivity contribution in [2.75, 3.05) is 39.8 Å². The molecule has 1 N–H and O–H groups in total. The van der Waals surface area contributed by atoms with Gasteiger partial charge in [-0.2, -0.15) is 0 Å². The van der Waals surface area contributed by atoms with Crippen LogP contribution in [-0.2, 0) is 0 Å². The maximum absolute atomic E-state index is 5.20. The number of hydrogen-bond acceptors (Lipinski definition) is 3. The number of nitrogens with zero attached hydrogens (tertiary/aromatic N) is 1. The van der Waals surface area contributed by atoms with Crippen molar-refractivity contribution < 1.29 is 4.74 Å². The Labute approximate surface area is 109 Å². The highest BCUT2D eigenvalue weighted by Gasteiger charge is 2.39. The highest BCUT2D eigenvalue weighted by Crippen LogP contribution is 2.48. The monoisotopic (exact) mass is 246 g/mol. The zero-order valence-corrected chi connectivity index (χ0v) is 11.1. The van der Waals surface area contributed by atoms with Crippen molar-refractivity contribution in [1.29, 1.82) is 0 Å². The number of piperazine rings is 1. The highest BCUT2D eigenvalue weighted by molar-refractivity contribution is 5.32. The summed E-state index contributed by atoms with van der Waals surface area (Å²) in [7, 11) is 1.72. The first-order chi connectivity index (χ1) is 8.86. The molecule has 1 saturated carbocycles. The third kappa shape index (κ3) is 2.68. The molecule has 3 rings (SSSR count). The van der Waals surface area contributed by atoms with Gasteiger partial charge in [0.05, 0.1) is 7.11 Å². The number of hydrogen-bond donors (Lipinski definition) is 1. The molecule has 0 bridgehead atoms. The van der Waals surface area contributed by atoms with Crippen molar-refractivity contribution in [3.8, 4) is 5.75 Å². The van der Waals surface area contributed by atoms with Gasteiger partial charge in [-0.1, -0.05) is 12.1 Å². The van der Waals surface area contributed by atoms with Gasteiger partial charge in [0.2, 0.25) is 0 Å². The van der Waals surface area contributed by atoms with Crippen molar-refractivity contribution in [1.82, 2.24) is 10.2 Å². The predicted octanol–water partition coefficient (Wildman–Crippen LogP) is 1.70. The summed E-state index contributed by atoms with van der Waals surface area (Å²) >= 11 is 0. The summed E-state index contributed by atoms with van der Waals surface area (Å²) in [6, 6.07) is 8.60. The lowest BCUT2D eigenvalue weighted by molar-refractivity contribution is 0.231. The smallest absolute Gasteiger partial charge is 0.118 e. The fourth-order valence-electron chi connectivity index (χ4n) is 2.93. The topological polar surface area (TPSA) is 24.5 Å². The van der Waals surface area contributed by atoms with Crippen LogP contribution in [0.4, 0.5) is 0 Å². The SMILES string of the molecule is COc1ccc(C2CC2CN2CCNCC2)cc1. The van der Waals surface area contributed by atoms with Crippen LogP contribution >= 0.6 is 0 Å². The highest BCUT2D eigenvalue weighted by atomic mass is 16.5. The minimum Gasteiger partial charge on any atom is -0.497 e. The Hall–Kier alpha value is -1.06. The lowest BCUT2D eigenvalue weighted by Gasteiger charge is -2.27. The second-order valence-electron chi connectivity index (χ2n) is 5.43. The van der Waals surface area contributed by atoms with Crippen molar-refractivity contribution in [3.63, 3.8) is 0 Å². The molecule has 0 amide bonds. The van der Waals surface area contributed by atoms with Gasteiger partial charge in [-0.25, -0.2) is 0 Å². The number of methoxy groups -OCH3 is 1. The van der Waals surface area contributed by atoms with Crippen LogP contribution in [0.15, 0.2) is 24.3 Å². The standard InChI is InChI=1S/C15H22N2O/c1-18-14-4-2-12(3-5-14)15-10-13(15)11-17-8-6-16-7-9-17/h2-5,13,15-16H,6-11H2,1H3. The summed E-state index contributed by atoms with van der Waals surface area (Å²) < 4.78 is 5.20. The Morgan fingerprint density at radius 2 is 1.94 bits per heavy atom. The summed E-state index contributed by atoms with van der Waals surface area (Å²) in [5.41, 5.74) is 1.48. The molecule has 0 aromatic heterocycles. The average Bonchev–Trinajstić information content (AvgIpc) is 3.19. The number of benzene rings is 1. The molecule has 2 aliphatic rings. The van der Waals surface area contributed by atoms with Crippen molar-refractivity contribution in [2.24, 2.45) is 5.92 Å². The van der Waals surface area contributed by atoms with Crippen LogP contribution in [-0.4, -0.2) is 44.7 Å². The molecular formula is C15H22N2O. The van der Waals surface area contributed by atoms with Gasteiger partial charge in [0, 0.05) is 32.7 Å². The third-order valence-corrected chi connectivity index (χ3v) is 4.17. The molecule has 1 saturated heterocycles. The predicted molar refractivity (Wildman–Crippen MR) is 73.2 cm³/mol. The summed E-state index contributed by atoms with van der Waals surface area (Å²) in [6.07, 6.45) is 1.36. The van der Waals surface area contributed by atoms with Crippen LogP contribution in [0, 0.1) is 5.92 Å². The van der Waals surface area contributed by atoms with Gasteiger partial charge in [0.25, 0.3) is 0 Å². The van der Waals surface area contributed by atoms with E-state index in [4.69, 9.17) is 4.74 Å². The number of nitrogens with one attached hydrogen (secondary N) is 1. The Morgan fingerprint density at radius 3 is 2.61 bits per heavy atom. The summed E-state index contributed by atoms with van der Waals surface area (Å²) in [4.78, 5) is 2.60. The summed E-state index contributed by atoms with van der Waals surface area (Å²) in [5, 5.41) is 3.41.